The highest BCUT2D eigenvalue weighted by Crippen LogP contribution is 2.21. The Balaban J connectivity index is 1.79. The second-order valence-corrected chi connectivity index (χ2v) is 8.57. The number of aryl methyl sites for hydroxylation is 2. The van der Waals surface area contributed by atoms with Crippen molar-refractivity contribution in [3.63, 3.8) is 0 Å². The van der Waals surface area contributed by atoms with Gasteiger partial charge in [-0.3, -0.25) is 9.59 Å². The van der Waals surface area contributed by atoms with Gasteiger partial charge in [0.2, 0.25) is 0 Å². The Morgan fingerprint density at radius 1 is 1.03 bits per heavy atom. The molecule has 0 bridgehead atoms. The number of carbonyl (C=O) groups excluding carboxylic acids is 2. The normalized spacial score (nSPS) is 11.3. The van der Waals surface area contributed by atoms with Gasteiger partial charge >= 0.3 is 0 Å². The monoisotopic (exact) mass is 458 g/mol. The van der Waals surface area contributed by atoms with E-state index in [0.29, 0.717) is 15.6 Å². The van der Waals surface area contributed by atoms with Crippen LogP contribution in [-0.2, 0) is 11.3 Å². The number of hydrogen-bond donors (Lipinski definition) is 2. The lowest BCUT2D eigenvalue weighted by Crippen LogP contribution is -2.34. The summed E-state index contributed by atoms with van der Waals surface area (Å²) < 4.78 is 0. The molecule has 0 aliphatic heterocycles. The van der Waals surface area contributed by atoms with E-state index in [0.717, 1.165) is 21.6 Å². The Bertz CT molecular complexity index is 1110. The van der Waals surface area contributed by atoms with E-state index in [-0.39, 0.29) is 18.1 Å². The summed E-state index contributed by atoms with van der Waals surface area (Å²) in [4.78, 5) is 26.5. The zero-order chi connectivity index (χ0) is 21.7. The molecule has 1 aromatic heterocycles. The summed E-state index contributed by atoms with van der Waals surface area (Å²) in [5.74, 6) is -0.757. The van der Waals surface area contributed by atoms with Gasteiger partial charge in [0.05, 0.1) is 0 Å². The van der Waals surface area contributed by atoms with Crippen molar-refractivity contribution < 1.29 is 9.59 Å². The van der Waals surface area contributed by atoms with Crippen LogP contribution >= 0.6 is 34.5 Å². The number of hydrogen-bond acceptors (Lipinski definition) is 3. The average Bonchev–Trinajstić information content (AvgIpc) is 3.21. The van der Waals surface area contributed by atoms with Crippen LogP contribution in [0.5, 0.6) is 0 Å². The minimum Gasteiger partial charge on any atom is -0.347 e. The summed E-state index contributed by atoms with van der Waals surface area (Å²) in [6.07, 6.45) is 1.66. The molecule has 3 aromatic rings. The zero-order valence-electron chi connectivity index (χ0n) is 16.5. The molecule has 0 aliphatic rings. The first-order valence-electron chi connectivity index (χ1n) is 9.19. The molecule has 7 heteroatoms. The number of halogens is 2. The van der Waals surface area contributed by atoms with Crippen molar-refractivity contribution in [2.45, 2.75) is 20.4 Å². The number of thiophene rings is 1. The number of rotatable bonds is 6. The maximum atomic E-state index is 12.9. The van der Waals surface area contributed by atoms with E-state index in [4.69, 9.17) is 23.2 Å². The van der Waals surface area contributed by atoms with Crippen LogP contribution in [0, 0.1) is 13.8 Å². The number of benzene rings is 2. The van der Waals surface area contributed by atoms with Gasteiger partial charge in [0, 0.05) is 27.0 Å². The first-order chi connectivity index (χ1) is 14.3. The lowest BCUT2D eigenvalue weighted by atomic mass is 10.1. The van der Waals surface area contributed by atoms with Crippen LogP contribution in [0.2, 0.25) is 10.0 Å². The largest absolute Gasteiger partial charge is 0.347 e. The average molecular weight is 459 g/mol. The maximum absolute atomic E-state index is 12.9. The Labute approximate surface area is 189 Å². The molecule has 0 spiro atoms. The van der Waals surface area contributed by atoms with Crippen LogP contribution < -0.4 is 10.6 Å². The SMILES string of the molecule is Cc1ccc(C(=O)N/C(=C/c2cccs2)C(=O)NCc2ccc(Cl)cc2Cl)cc1C. The molecule has 0 atom stereocenters. The van der Waals surface area contributed by atoms with Gasteiger partial charge < -0.3 is 10.6 Å². The maximum Gasteiger partial charge on any atom is 0.268 e. The number of amides is 2. The van der Waals surface area contributed by atoms with Crippen LogP contribution in [0.15, 0.2) is 59.6 Å². The summed E-state index contributed by atoms with van der Waals surface area (Å²) in [7, 11) is 0. The van der Waals surface area contributed by atoms with Gasteiger partial charge in [-0.05, 0) is 72.3 Å². The van der Waals surface area contributed by atoms with Crippen LogP contribution in [0.1, 0.15) is 31.9 Å². The van der Waals surface area contributed by atoms with Gasteiger partial charge in [0.15, 0.2) is 0 Å². The zero-order valence-corrected chi connectivity index (χ0v) is 18.8. The molecule has 0 radical (unpaired) electrons. The molecule has 0 saturated heterocycles. The lowest BCUT2D eigenvalue weighted by Gasteiger charge is -2.12. The standard InChI is InChI=1S/C23H20Cl2N2O2S/c1-14-5-6-16(10-15(14)2)22(28)27-21(12-19-4-3-9-30-19)23(29)26-13-17-7-8-18(24)11-20(17)25/h3-12H,13H2,1-2H3,(H,26,29)(H,27,28)/b21-12+. The highest BCUT2D eigenvalue weighted by molar-refractivity contribution is 7.10. The fourth-order valence-electron chi connectivity index (χ4n) is 2.69. The van der Waals surface area contributed by atoms with Crippen molar-refractivity contribution in [2.75, 3.05) is 0 Å². The molecule has 3 rings (SSSR count). The molecule has 30 heavy (non-hydrogen) atoms. The molecule has 0 unspecified atom stereocenters. The molecule has 2 amide bonds. The Morgan fingerprint density at radius 3 is 2.50 bits per heavy atom. The Kier molecular flexibility index (Phi) is 7.32. The summed E-state index contributed by atoms with van der Waals surface area (Å²) in [6.45, 7) is 4.13. The molecular formula is C23H20Cl2N2O2S. The molecule has 0 saturated carbocycles. The lowest BCUT2D eigenvalue weighted by molar-refractivity contribution is -0.117. The molecular weight excluding hydrogens is 439 g/mol. The predicted octanol–water partition coefficient (Wildman–Crippen LogP) is 5.76. The smallest absolute Gasteiger partial charge is 0.268 e. The van der Waals surface area contributed by atoms with Crippen molar-refractivity contribution >= 4 is 52.4 Å². The van der Waals surface area contributed by atoms with Gasteiger partial charge in [-0.25, -0.2) is 0 Å². The van der Waals surface area contributed by atoms with Crippen LogP contribution in [-0.4, -0.2) is 11.8 Å². The minimum atomic E-state index is -0.411. The molecule has 0 fully saturated rings. The van der Waals surface area contributed by atoms with E-state index in [9.17, 15) is 9.59 Å². The molecule has 1 heterocycles. The summed E-state index contributed by atoms with van der Waals surface area (Å²) in [6, 6.07) is 14.3. The minimum absolute atomic E-state index is 0.158. The number of nitrogens with one attached hydrogen (secondary N) is 2. The van der Waals surface area contributed by atoms with Crippen LogP contribution in [0.4, 0.5) is 0 Å². The first-order valence-corrected chi connectivity index (χ1v) is 10.8. The highest BCUT2D eigenvalue weighted by atomic mass is 35.5. The van der Waals surface area contributed by atoms with Crippen molar-refractivity contribution in [1.29, 1.82) is 0 Å². The topological polar surface area (TPSA) is 58.2 Å². The Hall–Kier alpha value is -2.60. The van der Waals surface area contributed by atoms with Crippen LogP contribution in [0.25, 0.3) is 6.08 Å². The van der Waals surface area contributed by atoms with Crippen molar-refractivity contribution in [3.05, 3.63) is 96.8 Å². The van der Waals surface area contributed by atoms with E-state index in [1.165, 1.54) is 11.3 Å². The second-order valence-electron chi connectivity index (χ2n) is 6.75. The van der Waals surface area contributed by atoms with Gasteiger partial charge in [0.25, 0.3) is 11.8 Å². The van der Waals surface area contributed by atoms with E-state index in [2.05, 4.69) is 10.6 Å². The van der Waals surface area contributed by atoms with E-state index >= 15 is 0 Å². The fraction of sp³-hybridized carbons (Fsp3) is 0.130. The van der Waals surface area contributed by atoms with E-state index < -0.39 is 5.91 Å². The van der Waals surface area contributed by atoms with Gasteiger partial charge in [-0.1, -0.05) is 41.4 Å². The Morgan fingerprint density at radius 2 is 1.83 bits per heavy atom. The molecule has 4 nitrogen and oxygen atoms in total. The van der Waals surface area contributed by atoms with Crippen molar-refractivity contribution in [3.8, 4) is 0 Å². The highest BCUT2D eigenvalue weighted by Gasteiger charge is 2.16. The van der Waals surface area contributed by atoms with Crippen molar-refractivity contribution in [1.82, 2.24) is 10.6 Å². The third-order valence-electron chi connectivity index (χ3n) is 4.55. The summed E-state index contributed by atoms with van der Waals surface area (Å²) in [5, 5.41) is 8.43. The molecule has 0 aliphatic carbocycles. The van der Waals surface area contributed by atoms with Crippen LogP contribution in [0.3, 0.4) is 0 Å². The van der Waals surface area contributed by atoms with E-state index in [1.54, 1.807) is 36.4 Å². The molecule has 2 aromatic carbocycles. The summed E-state index contributed by atoms with van der Waals surface area (Å²) >= 11 is 13.6. The third kappa shape index (κ3) is 5.72. The van der Waals surface area contributed by atoms with Gasteiger partial charge in [-0.15, -0.1) is 11.3 Å². The fourth-order valence-corrected chi connectivity index (χ4v) is 3.82. The molecule has 2 N–H and O–H groups in total. The number of carbonyl (C=O) groups is 2. The van der Waals surface area contributed by atoms with Gasteiger partial charge in [-0.2, -0.15) is 0 Å². The predicted molar refractivity (Wildman–Crippen MR) is 124 cm³/mol. The first kappa shape index (κ1) is 22.1. The quantitative estimate of drug-likeness (QED) is 0.461. The van der Waals surface area contributed by atoms with E-state index in [1.807, 2.05) is 37.4 Å². The van der Waals surface area contributed by atoms with Gasteiger partial charge in [0.1, 0.15) is 5.70 Å². The summed E-state index contributed by atoms with van der Waals surface area (Å²) in [5.41, 5.74) is 3.48. The third-order valence-corrected chi connectivity index (χ3v) is 5.95. The second kappa shape index (κ2) is 9.94. The van der Waals surface area contributed by atoms with Crippen molar-refractivity contribution in [2.24, 2.45) is 0 Å². The molecule has 154 valence electrons.